The first-order valence-corrected chi connectivity index (χ1v) is 9.87. The van der Waals surface area contributed by atoms with Crippen molar-refractivity contribution in [2.24, 2.45) is 0 Å². The molecule has 0 unspecified atom stereocenters. The predicted octanol–water partition coefficient (Wildman–Crippen LogP) is 3.30. The second-order valence-electron chi connectivity index (χ2n) is 6.84. The van der Waals surface area contributed by atoms with Gasteiger partial charge in [-0.1, -0.05) is 12.1 Å². The molecule has 32 heavy (non-hydrogen) atoms. The molecule has 0 aliphatic heterocycles. The summed E-state index contributed by atoms with van der Waals surface area (Å²) < 4.78 is 17.8. The highest BCUT2D eigenvalue weighted by molar-refractivity contribution is 5.92. The van der Waals surface area contributed by atoms with Gasteiger partial charge in [0.05, 0.1) is 12.8 Å². The van der Waals surface area contributed by atoms with Crippen molar-refractivity contribution in [3.8, 4) is 17.2 Å². The summed E-state index contributed by atoms with van der Waals surface area (Å²) in [5.41, 5.74) is 1.46. The Bertz CT molecular complexity index is 1280. The van der Waals surface area contributed by atoms with E-state index in [0.29, 0.717) is 34.3 Å². The quantitative estimate of drug-likeness (QED) is 0.460. The maximum Gasteiger partial charge on any atom is 0.262 e. The largest absolute Gasteiger partial charge is 0.497 e. The van der Waals surface area contributed by atoms with Crippen LogP contribution in [0.3, 0.4) is 0 Å². The average molecular weight is 431 g/mol. The normalized spacial score (nSPS) is 10.5. The summed E-state index contributed by atoms with van der Waals surface area (Å²) in [6, 6.07) is 20.7. The van der Waals surface area contributed by atoms with Crippen LogP contribution in [0.15, 0.2) is 83.8 Å². The Hall–Kier alpha value is -4.33. The van der Waals surface area contributed by atoms with Crippen LogP contribution in [0.2, 0.25) is 0 Å². The molecule has 0 bridgehead atoms. The van der Waals surface area contributed by atoms with E-state index in [9.17, 15) is 9.59 Å². The van der Waals surface area contributed by atoms with E-state index in [1.165, 1.54) is 10.5 Å². The van der Waals surface area contributed by atoms with Gasteiger partial charge in [-0.2, -0.15) is 0 Å². The van der Waals surface area contributed by atoms with Crippen LogP contribution in [0, 0.1) is 0 Å². The molecule has 0 aliphatic carbocycles. The van der Waals surface area contributed by atoms with Crippen LogP contribution >= 0.6 is 0 Å². The Kier molecular flexibility index (Phi) is 6.31. The Balaban J connectivity index is 1.34. The first kappa shape index (κ1) is 20.9. The Morgan fingerprint density at radius 3 is 2.56 bits per heavy atom. The van der Waals surface area contributed by atoms with E-state index in [-0.39, 0.29) is 24.7 Å². The molecule has 8 heteroatoms. The number of carbonyl (C=O) groups excluding carboxylic acids is 1. The number of nitrogens with zero attached hydrogens (tertiary/aromatic N) is 2. The number of ether oxygens (including phenoxy) is 3. The van der Waals surface area contributed by atoms with Crippen molar-refractivity contribution in [1.82, 2.24) is 9.38 Å². The van der Waals surface area contributed by atoms with Crippen molar-refractivity contribution in [1.29, 1.82) is 0 Å². The summed E-state index contributed by atoms with van der Waals surface area (Å²) >= 11 is 0. The van der Waals surface area contributed by atoms with Gasteiger partial charge in [0.25, 0.3) is 11.5 Å². The Morgan fingerprint density at radius 2 is 1.75 bits per heavy atom. The topological polar surface area (TPSA) is 91.2 Å². The number of hydrogen-bond donors (Lipinski definition) is 1. The van der Waals surface area contributed by atoms with Gasteiger partial charge in [0.15, 0.2) is 6.61 Å². The first-order chi connectivity index (χ1) is 15.6. The minimum Gasteiger partial charge on any atom is -0.497 e. The van der Waals surface area contributed by atoms with E-state index in [4.69, 9.17) is 14.2 Å². The Labute approximate surface area is 184 Å². The molecule has 1 amide bonds. The maximum atomic E-state index is 12.2. The van der Waals surface area contributed by atoms with Crippen molar-refractivity contribution < 1.29 is 19.0 Å². The van der Waals surface area contributed by atoms with E-state index in [1.807, 2.05) is 6.07 Å². The molecule has 2 aromatic carbocycles. The lowest BCUT2D eigenvalue weighted by molar-refractivity contribution is -0.118. The number of amides is 1. The SMILES string of the molecule is COc1ccc(OCC(=O)Nc2cccc(OCc3cc(=O)n4ccccc4n3)c2)cc1. The van der Waals surface area contributed by atoms with E-state index in [1.54, 1.807) is 74.0 Å². The third kappa shape index (κ3) is 5.23. The molecule has 4 rings (SSSR count). The second kappa shape index (κ2) is 9.65. The van der Waals surface area contributed by atoms with Crippen LogP contribution in [0.4, 0.5) is 5.69 Å². The van der Waals surface area contributed by atoms with Crippen LogP contribution in [0.25, 0.3) is 5.65 Å². The molecule has 0 spiro atoms. The second-order valence-corrected chi connectivity index (χ2v) is 6.84. The molecule has 0 saturated carbocycles. The fourth-order valence-corrected chi connectivity index (χ4v) is 3.02. The number of aromatic nitrogens is 2. The van der Waals surface area contributed by atoms with Gasteiger partial charge in [-0.25, -0.2) is 4.98 Å². The lowest BCUT2D eigenvalue weighted by atomic mass is 10.3. The molecule has 8 nitrogen and oxygen atoms in total. The molecule has 0 radical (unpaired) electrons. The minimum atomic E-state index is -0.304. The fourth-order valence-electron chi connectivity index (χ4n) is 3.02. The number of carbonyl (C=O) groups is 1. The van der Waals surface area contributed by atoms with Gasteiger partial charge < -0.3 is 19.5 Å². The van der Waals surface area contributed by atoms with Gasteiger partial charge in [0, 0.05) is 24.0 Å². The van der Waals surface area contributed by atoms with Crippen LogP contribution in [0.1, 0.15) is 5.69 Å². The molecule has 4 aromatic rings. The summed E-state index contributed by atoms with van der Waals surface area (Å²) in [6.07, 6.45) is 1.67. The molecule has 2 heterocycles. The third-order valence-electron chi connectivity index (χ3n) is 4.56. The minimum absolute atomic E-state index is 0.124. The molecular weight excluding hydrogens is 410 g/mol. The van der Waals surface area contributed by atoms with E-state index >= 15 is 0 Å². The van der Waals surface area contributed by atoms with Crippen molar-refractivity contribution in [3.05, 3.63) is 95.0 Å². The van der Waals surface area contributed by atoms with Gasteiger partial charge in [-0.15, -0.1) is 0 Å². The zero-order valence-electron chi connectivity index (χ0n) is 17.4. The zero-order valence-corrected chi connectivity index (χ0v) is 17.4. The van der Waals surface area contributed by atoms with Gasteiger partial charge in [-0.05, 0) is 48.5 Å². The monoisotopic (exact) mass is 431 g/mol. The number of hydrogen-bond acceptors (Lipinski definition) is 6. The average Bonchev–Trinajstić information content (AvgIpc) is 2.82. The van der Waals surface area contributed by atoms with Crippen LogP contribution in [-0.2, 0) is 11.4 Å². The van der Waals surface area contributed by atoms with E-state index in [0.717, 1.165) is 0 Å². The lowest BCUT2D eigenvalue weighted by Crippen LogP contribution is -2.20. The van der Waals surface area contributed by atoms with Crippen LogP contribution in [-0.4, -0.2) is 29.0 Å². The molecule has 0 saturated heterocycles. The van der Waals surface area contributed by atoms with Crippen molar-refractivity contribution in [2.75, 3.05) is 19.0 Å². The van der Waals surface area contributed by atoms with Crippen molar-refractivity contribution in [3.63, 3.8) is 0 Å². The molecule has 2 aromatic heterocycles. The Morgan fingerprint density at radius 1 is 0.938 bits per heavy atom. The third-order valence-corrected chi connectivity index (χ3v) is 4.56. The molecule has 0 fully saturated rings. The number of anilines is 1. The van der Waals surface area contributed by atoms with E-state index < -0.39 is 0 Å². The standard InChI is InChI=1S/C24H21N3O5/c1-30-19-8-10-20(11-9-19)32-16-23(28)26-17-5-4-6-21(13-17)31-15-18-14-24(29)27-12-3-2-7-22(27)25-18/h2-14H,15-16H2,1H3,(H,26,28). The summed E-state index contributed by atoms with van der Waals surface area (Å²) in [6.45, 7) is -0.0129. The summed E-state index contributed by atoms with van der Waals surface area (Å²) in [7, 11) is 1.58. The maximum absolute atomic E-state index is 12.2. The number of fused-ring (bicyclic) bond motifs is 1. The fraction of sp³-hybridized carbons (Fsp3) is 0.125. The van der Waals surface area contributed by atoms with Crippen molar-refractivity contribution >= 4 is 17.2 Å². The van der Waals surface area contributed by atoms with Crippen LogP contribution in [0.5, 0.6) is 17.2 Å². The molecule has 162 valence electrons. The number of benzene rings is 2. The highest BCUT2D eigenvalue weighted by atomic mass is 16.5. The van der Waals surface area contributed by atoms with Gasteiger partial charge in [-0.3, -0.25) is 14.0 Å². The smallest absolute Gasteiger partial charge is 0.262 e. The lowest BCUT2D eigenvalue weighted by Gasteiger charge is -2.10. The predicted molar refractivity (Wildman–Crippen MR) is 119 cm³/mol. The van der Waals surface area contributed by atoms with Gasteiger partial charge in [0.2, 0.25) is 0 Å². The van der Waals surface area contributed by atoms with E-state index in [2.05, 4.69) is 10.3 Å². The summed E-state index contributed by atoms with van der Waals surface area (Å²) in [4.78, 5) is 28.8. The molecular formula is C24H21N3O5. The highest BCUT2D eigenvalue weighted by Gasteiger charge is 2.07. The molecule has 1 N–H and O–H groups in total. The summed E-state index contributed by atoms with van der Waals surface area (Å²) in [5, 5.41) is 2.77. The number of rotatable bonds is 8. The summed E-state index contributed by atoms with van der Waals surface area (Å²) in [5.74, 6) is 1.51. The molecule has 0 atom stereocenters. The van der Waals surface area contributed by atoms with Gasteiger partial charge >= 0.3 is 0 Å². The first-order valence-electron chi connectivity index (χ1n) is 9.87. The van der Waals surface area contributed by atoms with Crippen LogP contribution < -0.4 is 25.1 Å². The number of methoxy groups -OCH3 is 1. The molecule has 0 aliphatic rings. The zero-order chi connectivity index (χ0) is 22.3. The highest BCUT2D eigenvalue weighted by Crippen LogP contribution is 2.19. The number of pyridine rings is 1. The number of nitrogens with one attached hydrogen (secondary N) is 1. The van der Waals surface area contributed by atoms with Gasteiger partial charge in [0.1, 0.15) is 29.5 Å². The van der Waals surface area contributed by atoms with Crippen molar-refractivity contribution in [2.45, 2.75) is 6.61 Å².